The number of H-pyrrole nitrogens is 1. The van der Waals surface area contributed by atoms with Crippen LogP contribution in [0.4, 0.5) is 4.79 Å². The van der Waals surface area contributed by atoms with E-state index in [9.17, 15) is 24.3 Å². The van der Waals surface area contributed by atoms with E-state index in [-0.39, 0.29) is 24.8 Å². The number of nitrogens with one attached hydrogen (secondary N) is 2. The Hall–Kier alpha value is -3.89. The first-order chi connectivity index (χ1) is 22.9. The van der Waals surface area contributed by atoms with Crippen LogP contribution in [0.3, 0.4) is 0 Å². The van der Waals surface area contributed by atoms with Crippen molar-refractivity contribution in [3.8, 4) is 0 Å². The average molecular weight is 651 g/mol. The van der Waals surface area contributed by atoms with Crippen LogP contribution in [-0.4, -0.2) is 91.3 Å². The van der Waals surface area contributed by atoms with Crippen molar-refractivity contribution in [2.45, 2.75) is 128 Å². The molecule has 2 saturated heterocycles. The Labute approximate surface area is 279 Å². The van der Waals surface area contributed by atoms with E-state index in [4.69, 9.17) is 0 Å². The number of carbonyl (C=O) groups is 4. The van der Waals surface area contributed by atoms with Crippen LogP contribution in [0.1, 0.15) is 108 Å². The van der Waals surface area contributed by atoms with E-state index >= 15 is 0 Å². The molecular weight excluding hydrogens is 596 g/mol. The normalized spacial score (nSPS) is 18.3. The van der Waals surface area contributed by atoms with Crippen LogP contribution in [-0.2, 0) is 27.3 Å². The van der Waals surface area contributed by atoms with Gasteiger partial charge in [-0.15, -0.1) is 0 Å². The largest absolute Gasteiger partial charge is 0.465 e. The molecule has 0 spiro atoms. The lowest BCUT2D eigenvalue weighted by atomic mass is 10.1. The molecule has 2 aromatic rings. The highest BCUT2D eigenvalue weighted by Gasteiger charge is 2.44. The summed E-state index contributed by atoms with van der Waals surface area (Å²) in [5.41, 5.74) is 1.32. The van der Waals surface area contributed by atoms with E-state index in [0.29, 0.717) is 44.6 Å². The number of carboxylic acid groups (broad SMARTS) is 1. The first-order valence-electron chi connectivity index (χ1n) is 17.8. The van der Waals surface area contributed by atoms with Gasteiger partial charge in [0.2, 0.25) is 17.7 Å². The van der Waals surface area contributed by atoms with E-state index in [2.05, 4.69) is 22.2 Å². The predicted octanol–water partition coefficient (Wildman–Crippen LogP) is 5.52. The summed E-state index contributed by atoms with van der Waals surface area (Å²) in [4.78, 5) is 65.4. The molecule has 0 unspecified atom stereocenters. The number of rotatable bonds is 19. The Morgan fingerprint density at radius 3 is 2.19 bits per heavy atom. The zero-order chi connectivity index (χ0) is 33.4. The Bertz CT molecular complexity index is 1260. The molecule has 3 atom stereocenters. The van der Waals surface area contributed by atoms with Gasteiger partial charge in [0.1, 0.15) is 18.1 Å². The fraction of sp³-hybridized carbons (Fsp3) is 0.639. The van der Waals surface area contributed by atoms with Gasteiger partial charge < -0.3 is 25.2 Å². The van der Waals surface area contributed by atoms with Crippen molar-refractivity contribution in [1.29, 1.82) is 0 Å². The summed E-state index contributed by atoms with van der Waals surface area (Å²) in [6.45, 7) is 3.69. The molecule has 4 rings (SSSR count). The van der Waals surface area contributed by atoms with E-state index in [1.54, 1.807) is 11.1 Å². The first-order valence-corrected chi connectivity index (χ1v) is 17.8. The molecule has 47 heavy (non-hydrogen) atoms. The van der Waals surface area contributed by atoms with Gasteiger partial charge in [0.15, 0.2) is 0 Å². The number of amides is 4. The number of imidazole rings is 1. The van der Waals surface area contributed by atoms with Gasteiger partial charge in [-0.3, -0.25) is 19.3 Å². The number of aromatic amines is 1. The molecule has 1 aromatic carbocycles. The Balaban J connectivity index is 1.34. The van der Waals surface area contributed by atoms with Crippen LogP contribution < -0.4 is 5.32 Å². The maximum absolute atomic E-state index is 14.2. The highest BCUT2D eigenvalue weighted by atomic mass is 16.4. The second-order valence-electron chi connectivity index (χ2n) is 13.0. The minimum absolute atomic E-state index is 0.0247. The molecule has 258 valence electrons. The lowest BCUT2D eigenvalue weighted by Crippen LogP contribution is -2.57. The van der Waals surface area contributed by atoms with E-state index in [1.165, 1.54) is 62.6 Å². The molecule has 0 aliphatic carbocycles. The number of hydrogen-bond donors (Lipinski definition) is 3. The smallest absolute Gasteiger partial charge is 0.408 e. The molecule has 11 nitrogen and oxygen atoms in total. The number of unbranched alkanes of at least 4 members (excludes halogenated alkanes) is 9. The van der Waals surface area contributed by atoms with Crippen molar-refractivity contribution in [3.63, 3.8) is 0 Å². The number of nitrogens with zero attached hydrogens (tertiary/aromatic N) is 4. The fourth-order valence-electron chi connectivity index (χ4n) is 6.94. The Morgan fingerprint density at radius 2 is 1.55 bits per heavy atom. The number of carbonyl (C=O) groups excluding carboxylic acids is 3. The summed E-state index contributed by atoms with van der Waals surface area (Å²) >= 11 is 0. The SMILES string of the molecule is CCCCCCCCCCCCNC(=O)[C@@H]1CCCN1C(=O)[C@@H]1CCCN1C(=O)[C@H](Cc1c[nH]cn1)N(Cc1ccccc1)C(=O)O. The van der Waals surface area contributed by atoms with Crippen molar-refractivity contribution in [1.82, 2.24) is 30.0 Å². The van der Waals surface area contributed by atoms with Gasteiger partial charge in [-0.05, 0) is 37.7 Å². The molecule has 0 bridgehead atoms. The van der Waals surface area contributed by atoms with Crippen LogP contribution in [0.5, 0.6) is 0 Å². The van der Waals surface area contributed by atoms with Crippen LogP contribution in [0.15, 0.2) is 42.9 Å². The highest BCUT2D eigenvalue weighted by Crippen LogP contribution is 2.27. The summed E-state index contributed by atoms with van der Waals surface area (Å²) in [6.07, 6.45) is 16.7. The molecular formula is C36H54N6O5. The molecule has 0 radical (unpaired) electrons. The minimum atomic E-state index is -1.22. The maximum Gasteiger partial charge on any atom is 0.408 e. The summed E-state index contributed by atoms with van der Waals surface area (Å²) in [6, 6.07) is 6.81. The summed E-state index contributed by atoms with van der Waals surface area (Å²) in [5.74, 6) is -0.766. The number of aromatic nitrogens is 2. The van der Waals surface area contributed by atoms with Crippen LogP contribution in [0.25, 0.3) is 0 Å². The first kappa shape index (κ1) is 36.0. The molecule has 2 fully saturated rings. The minimum Gasteiger partial charge on any atom is -0.465 e. The van der Waals surface area contributed by atoms with Gasteiger partial charge >= 0.3 is 6.09 Å². The summed E-state index contributed by atoms with van der Waals surface area (Å²) in [5, 5.41) is 13.3. The monoisotopic (exact) mass is 650 g/mol. The molecule has 3 N–H and O–H groups in total. The molecule has 2 aliphatic heterocycles. The standard InChI is InChI=1S/C36H54N6O5/c1-2-3-4-5-6-7-8-9-10-14-21-38-33(43)30-19-15-22-40(30)34(44)31-20-16-23-41(31)35(45)32(24-29-25-37-27-39-29)42(36(46)47)26-28-17-12-11-13-18-28/h11-13,17-18,25,27,30-32H,2-10,14-16,19-24,26H2,1H3,(H,37,39)(H,38,43)(H,46,47)/t30-,31-,32-/m0/s1. The molecule has 0 saturated carbocycles. The van der Waals surface area contributed by atoms with E-state index in [0.717, 1.165) is 29.7 Å². The predicted molar refractivity (Wildman–Crippen MR) is 180 cm³/mol. The number of likely N-dealkylation sites (tertiary alicyclic amines) is 2. The van der Waals surface area contributed by atoms with Gasteiger partial charge in [-0.25, -0.2) is 9.78 Å². The topological polar surface area (TPSA) is 139 Å². The van der Waals surface area contributed by atoms with Crippen molar-refractivity contribution >= 4 is 23.8 Å². The third kappa shape index (κ3) is 10.6. The quantitative estimate of drug-likeness (QED) is 0.171. The number of hydrogen-bond acceptors (Lipinski definition) is 5. The fourth-order valence-corrected chi connectivity index (χ4v) is 6.94. The average Bonchev–Trinajstić information content (AvgIpc) is 3.87. The zero-order valence-electron chi connectivity index (χ0n) is 28.1. The molecule has 4 amide bonds. The van der Waals surface area contributed by atoms with Gasteiger partial charge in [0.05, 0.1) is 12.0 Å². The van der Waals surface area contributed by atoms with Gasteiger partial charge in [-0.2, -0.15) is 0 Å². The van der Waals surface area contributed by atoms with Gasteiger partial charge in [0, 0.05) is 38.8 Å². The Morgan fingerprint density at radius 1 is 0.915 bits per heavy atom. The molecule has 1 aromatic heterocycles. The Kier molecular flexibility index (Phi) is 14.6. The molecule has 11 heteroatoms. The van der Waals surface area contributed by atoms with E-state index in [1.807, 2.05) is 30.3 Å². The third-order valence-electron chi connectivity index (χ3n) is 9.55. The molecule has 2 aliphatic rings. The van der Waals surface area contributed by atoms with E-state index < -0.39 is 30.1 Å². The third-order valence-corrected chi connectivity index (χ3v) is 9.55. The lowest BCUT2D eigenvalue weighted by Gasteiger charge is -2.35. The van der Waals surface area contributed by atoms with Crippen LogP contribution >= 0.6 is 0 Å². The highest BCUT2D eigenvalue weighted by molar-refractivity contribution is 5.94. The zero-order valence-corrected chi connectivity index (χ0v) is 28.1. The lowest BCUT2D eigenvalue weighted by molar-refractivity contribution is -0.148. The van der Waals surface area contributed by atoms with Crippen molar-refractivity contribution in [2.75, 3.05) is 19.6 Å². The van der Waals surface area contributed by atoms with Crippen molar-refractivity contribution in [3.05, 3.63) is 54.1 Å². The van der Waals surface area contributed by atoms with Crippen molar-refractivity contribution < 1.29 is 24.3 Å². The maximum atomic E-state index is 14.2. The van der Waals surface area contributed by atoms with Crippen LogP contribution in [0.2, 0.25) is 0 Å². The second-order valence-corrected chi connectivity index (χ2v) is 13.0. The van der Waals surface area contributed by atoms with Crippen LogP contribution in [0, 0.1) is 0 Å². The number of benzene rings is 1. The summed E-state index contributed by atoms with van der Waals surface area (Å²) < 4.78 is 0. The van der Waals surface area contributed by atoms with Crippen molar-refractivity contribution in [2.24, 2.45) is 0 Å². The molecule has 3 heterocycles. The second kappa shape index (κ2) is 19.1. The summed E-state index contributed by atoms with van der Waals surface area (Å²) in [7, 11) is 0. The van der Waals surface area contributed by atoms with Gasteiger partial charge in [0.25, 0.3) is 0 Å². The van der Waals surface area contributed by atoms with Gasteiger partial charge in [-0.1, -0.05) is 95.0 Å².